The third-order valence-electron chi connectivity index (χ3n) is 15.8. The highest BCUT2D eigenvalue weighted by atomic mass is 32.2. The highest BCUT2D eigenvalue weighted by molar-refractivity contribution is 7.90. The summed E-state index contributed by atoms with van der Waals surface area (Å²) in [5, 5.41) is 117. The number of phenolic OH excluding ortho intramolecular Hbond substituents is 1. The number of rotatable bonds is 22. The lowest BCUT2D eigenvalue weighted by Gasteiger charge is -2.33. The highest BCUT2D eigenvalue weighted by Gasteiger charge is 2.50. The zero-order valence-corrected chi connectivity index (χ0v) is 52.2. The van der Waals surface area contributed by atoms with E-state index in [1.54, 1.807) is 29.2 Å². The molecule has 3 aliphatic rings. The predicted molar refractivity (Wildman–Crippen MR) is 327 cm³/mol. The third-order valence-corrected chi connectivity index (χ3v) is 17.2. The fraction of sp³-hybridized carbons (Fsp3) is 0.475. The van der Waals surface area contributed by atoms with E-state index in [-0.39, 0.29) is 29.2 Å². The highest BCUT2D eigenvalue weighted by Crippen LogP contribution is 2.33. The number of nitrogens with two attached hydrogens (primary N) is 1. The Morgan fingerprint density at radius 1 is 0.796 bits per heavy atom. The summed E-state index contributed by atoms with van der Waals surface area (Å²) in [5.41, 5.74) is 7.51. The molecular weight excluding hydrogens is 1260 g/mol. The summed E-state index contributed by atoms with van der Waals surface area (Å²) in [5.74, 6) is -10.4. The molecule has 32 nitrogen and oxygen atoms in total. The summed E-state index contributed by atoms with van der Waals surface area (Å²) < 4.78 is 16.9. The van der Waals surface area contributed by atoms with Gasteiger partial charge in [0.15, 0.2) is 16.5 Å². The molecule has 3 aromatic carbocycles. The number of aliphatic hydroxyl groups excluding tert-OH is 6. The SMILES string of the molecule is CCCCCCOc1ccc(-n2cc(-c3nnc(-c4ccc(C(=O)NC5CC(O)CNC(=O)C6C(O)C(C)CN6C(=O)C(C(O)CC(N)=O)NC(=O)C(C(O)Cc6ccc(O)c(OSOOO)c6)NC(=O)C6CC(O)CN6C(=O)C(C(C)O)NC5=O)cc4)s3)cn2)cc1. The van der Waals surface area contributed by atoms with Crippen molar-refractivity contribution in [2.45, 2.75) is 145 Å². The van der Waals surface area contributed by atoms with E-state index in [4.69, 9.17) is 19.9 Å². The van der Waals surface area contributed by atoms with Crippen LogP contribution < -0.4 is 41.2 Å². The number of carbonyl (C=O) groups excluding carboxylic acids is 8. The van der Waals surface area contributed by atoms with Crippen molar-refractivity contribution in [1.29, 1.82) is 0 Å². The van der Waals surface area contributed by atoms with E-state index in [0.29, 0.717) is 27.7 Å². The summed E-state index contributed by atoms with van der Waals surface area (Å²) >= 11 is 1.31. The molecule has 13 atom stereocenters. The number of hydrogen-bond donors (Lipinski definition) is 14. The number of carbonyl (C=O) groups is 8. The van der Waals surface area contributed by atoms with E-state index in [1.807, 2.05) is 24.3 Å². The van der Waals surface area contributed by atoms with Crippen LogP contribution in [-0.2, 0) is 49.4 Å². The zero-order chi connectivity index (χ0) is 67.2. The molecule has 0 aliphatic carbocycles. The number of β-amino-alcohol motifs (C(OH)–C–C–N with tert-alkyl or cyclic N) is 1. The lowest BCUT2D eigenvalue weighted by Crippen LogP contribution is -2.64. The zero-order valence-electron chi connectivity index (χ0n) is 50.6. The van der Waals surface area contributed by atoms with Crippen LogP contribution in [0.3, 0.4) is 0 Å². The number of aromatic hydroxyl groups is 1. The Balaban J connectivity index is 1.05. The molecule has 5 heterocycles. The van der Waals surface area contributed by atoms with Crippen molar-refractivity contribution in [3.8, 4) is 44.1 Å². The second-order valence-electron chi connectivity index (χ2n) is 22.8. The number of nitrogens with one attached hydrogen (secondary N) is 5. The second kappa shape index (κ2) is 32.4. The van der Waals surface area contributed by atoms with Crippen LogP contribution in [0.5, 0.6) is 17.2 Å². The van der Waals surface area contributed by atoms with Crippen LogP contribution in [0.15, 0.2) is 79.1 Å². The maximum atomic E-state index is 14.7. The van der Waals surface area contributed by atoms with Crippen LogP contribution in [0.25, 0.3) is 26.8 Å². The molecule has 0 spiro atoms. The average Bonchev–Trinajstić information content (AvgIpc) is 1.72. The van der Waals surface area contributed by atoms with Gasteiger partial charge >= 0.3 is 0 Å². The minimum absolute atomic E-state index is 0.00996. The Morgan fingerprint density at radius 2 is 1.48 bits per heavy atom. The molecule has 0 bridgehead atoms. The Kier molecular flexibility index (Phi) is 24.6. The maximum Gasteiger partial charge on any atom is 0.261 e. The number of primary amides is 1. The van der Waals surface area contributed by atoms with Gasteiger partial charge in [0.1, 0.15) is 47.0 Å². The monoisotopic (exact) mass is 1330 g/mol. The van der Waals surface area contributed by atoms with Crippen molar-refractivity contribution in [2.24, 2.45) is 11.7 Å². The molecule has 3 aliphatic heterocycles. The van der Waals surface area contributed by atoms with Gasteiger partial charge in [0.2, 0.25) is 41.4 Å². The number of nitrogens with zero attached hydrogens (tertiary/aromatic N) is 6. The largest absolute Gasteiger partial charge is 0.504 e. The van der Waals surface area contributed by atoms with Crippen molar-refractivity contribution in [2.75, 3.05) is 26.2 Å². The lowest BCUT2D eigenvalue weighted by atomic mass is 9.98. The molecular formula is C59H74N12O20S2. The summed E-state index contributed by atoms with van der Waals surface area (Å²) in [6, 6.07) is 5.31. The number of aromatic nitrogens is 4. The number of phenols is 1. The summed E-state index contributed by atoms with van der Waals surface area (Å²) in [7, 11) is 0. The van der Waals surface area contributed by atoms with E-state index in [2.05, 4.69) is 58.2 Å². The van der Waals surface area contributed by atoms with Gasteiger partial charge in [-0.3, -0.25) is 38.4 Å². The van der Waals surface area contributed by atoms with Crippen LogP contribution in [0.4, 0.5) is 0 Å². The molecule has 15 N–H and O–H groups in total. The Bertz CT molecular complexity index is 3430. The number of hydrogen-bond acceptors (Lipinski definition) is 25. The fourth-order valence-electron chi connectivity index (χ4n) is 10.9. The van der Waals surface area contributed by atoms with Gasteiger partial charge in [-0.2, -0.15) is 5.10 Å². The normalized spacial score (nSPS) is 24.5. The standard InChI is InChI=1S/C59H74N12O20S2/c1-4-5-6-7-18-88-38-15-13-35(14-16-38)71-27-34(24-62-71)57-68-67-56(92-57)33-11-9-32(10-12-33)51(80)63-39-21-36(73)25-61-55(84)49-50(79)29(2)26-70(49)59(86)48(43(77)23-45(60)78)66-54(83)47(42(76)19-31-8-17-41(75)44(20-31)89-93-91-90-87)65-53(82)40-22-37(74)28-69(40)58(85)46(30(3)72)64-52(39)81/h8-17,20,24,27,29-30,36-37,39-40,42-43,46-50,72-77,79,87H,4-7,18-19,21-23,25-26,28H2,1-3H3,(H2,60,78)(H,61,84)(H,63,80)(H,64,81)(H,65,82)(H,66,83). The van der Waals surface area contributed by atoms with Gasteiger partial charge in [0.25, 0.3) is 18.2 Å². The number of unbranched alkanes of at least 4 members (excludes halogenated alkanes) is 3. The number of amides is 8. The van der Waals surface area contributed by atoms with Gasteiger partial charge in [-0.1, -0.05) is 72.0 Å². The molecule has 8 rings (SSSR count). The smallest absolute Gasteiger partial charge is 0.261 e. The number of benzene rings is 3. The molecule has 8 amide bonds. The molecule has 3 saturated heterocycles. The summed E-state index contributed by atoms with van der Waals surface area (Å²) in [6.45, 7) is 3.62. The fourth-order valence-corrected chi connectivity index (χ4v) is 12.0. The van der Waals surface area contributed by atoms with E-state index in [0.717, 1.165) is 66.0 Å². The lowest BCUT2D eigenvalue weighted by molar-refractivity contribution is -0.433. The first-order valence-electron chi connectivity index (χ1n) is 29.8. The van der Waals surface area contributed by atoms with Crippen molar-refractivity contribution in [3.05, 3.63) is 90.3 Å². The summed E-state index contributed by atoms with van der Waals surface area (Å²) in [4.78, 5) is 115. The van der Waals surface area contributed by atoms with Crippen molar-refractivity contribution < 1.29 is 97.7 Å². The van der Waals surface area contributed by atoms with Crippen LogP contribution in [-0.4, -0.2) is 217 Å². The van der Waals surface area contributed by atoms with Crippen LogP contribution in [0.2, 0.25) is 0 Å². The third kappa shape index (κ3) is 18.0. The van der Waals surface area contributed by atoms with E-state index in [1.165, 1.54) is 36.5 Å². The van der Waals surface area contributed by atoms with Gasteiger partial charge in [-0.25, -0.2) is 9.94 Å². The first-order valence-corrected chi connectivity index (χ1v) is 31.3. The first kappa shape index (κ1) is 70.4. The van der Waals surface area contributed by atoms with Gasteiger partial charge in [-0.05, 0) is 67.4 Å². The Morgan fingerprint density at radius 3 is 2.17 bits per heavy atom. The van der Waals surface area contributed by atoms with Crippen molar-refractivity contribution >= 4 is 70.9 Å². The first-order chi connectivity index (χ1) is 44.4. The predicted octanol–water partition coefficient (Wildman–Crippen LogP) is -1.09. The minimum atomic E-state index is -2.22. The number of fused-ring (bicyclic) bond motifs is 2. The molecule has 5 aromatic rings. The Labute approximate surface area is 540 Å². The maximum absolute atomic E-state index is 14.7. The van der Waals surface area contributed by atoms with E-state index in [9.17, 15) is 74.1 Å². The number of aliphatic hydroxyl groups is 6. The Hall–Kier alpha value is -8.42. The van der Waals surface area contributed by atoms with E-state index >= 15 is 0 Å². The minimum Gasteiger partial charge on any atom is -0.504 e. The molecule has 0 saturated carbocycles. The summed E-state index contributed by atoms with van der Waals surface area (Å²) in [6.07, 6.45) is -5.86. The molecule has 2 aromatic heterocycles. The van der Waals surface area contributed by atoms with Crippen LogP contribution in [0, 0.1) is 5.92 Å². The van der Waals surface area contributed by atoms with Crippen LogP contribution >= 0.6 is 23.7 Å². The second-order valence-corrected chi connectivity index (χ2v) is 24.2. The van der Waals surface area contributed by atoms with E-state index < -0.39 is 177 Å². The topological polar surface area (TPSA) is 472 Å². The molecule has 0 radical (unpaired) electrons. The number of ether oxygens (including phenoxy) is 1. The van der Waals surface area contributed by atoms with Gasteiger partial charge < -0.3 is 86.8 Å². The van der Waals surface area contributed by atoms with Gasteiger partial charge in [-0.15, -0.1) is 10.2 Å². The molecule has 3 fully saturated rings. The van der Waals surface area contributed by atoms with Crippen molar-refractivity contribution in [3.63, 3.8) is 0 Å². The molecule has 34 heteroatoms. The van der Waals surface area contributed by atoms with Crippen molar-refractivity contribution in [1.82, 2.24) is 56.4 Å². The van der Waals surface area contributed by atoms with Crippen LogP contribution in [0.1, 0.15) is 81.6 Å². The quantitative estimate of drug-likeness (QED) is 0.0169. The van der Waals surface area contributed by atoms with Gasteiger partial charge in [0, 0.05) is 62.1 Å². The molecule has 13 unspecified atom stereocenters. The van der Waals surface area contributed by atoms with Gasteiger partial charge in [0.05, 0.1) is 67.1 Å². The average molecular weight is 1340 g/mol. The molecule has 502 valence electrons. The molecule has 93 heavy (non-hydrogen) atoms.